The van der Waals surface area contributed by atoms with Gasteiger partial charge in [-0.05, 0) is 31.2 Å². The van der Waals surface area contributed by atoms with E-state index in [1.54, 1.807) is 0 Å². The predicted molar refractivity (Wildman–Crippen MR) is 76.5 cm³/mol. The van der Waals surface area contributed by atoms with Crippen molar-refractivity contribution in [1.29, 1.82) is 0 Å². The second-order valence-corrected chi connectivity index (χ2v) is 5.35. The van der Waals surface area contributed by atoms with Crippen LogP contribution in [0.1, 0.15) is 30.9 Å². The van der Waals surface area contributed by atoms with Gasteiger partial charge in [0.05, 0.1) is 6.54 Å². The van der Waals surface area contributed by atoms with Crippen molar-refractivity contribution in [2.45, 2.75) is 33.2 Å². The summed E-state index contributed by atoms with van der Waals surface area (Å²) in [6.45, 7) is 7.14. The van der Waals surface area contributed by atoms with Gasteiger partial charge in [0.15, 0.2) is 5.96 Å². The van der Waals surface area contributed by atoms with Crippen LogP contribution in [-0.4, -0.2) is 23.9 Å². The minimum Gasteiger partial charge on any atom is -0.370 e. The molecule has 1 heterocycles. The molecule has 1 unspecified atom stereocenters. The molecule has 0 bridgehead atoms. The third-order valence-electron chi connectivity index (χ3n) is 3.53. The number of hydrogen-bond acceptors (Lipinski definition) is 1. The Morgan fingerprint density at radius 3 is 2.78 bits per heavy atom. The summed E-state index contributed by atoms with van der Waals surface area (Å²) in [6.07, 6.45) is 2.53. The molecule has 1 atom stereocenters. The van der Waals surface area contributed by atoms with E-state index in [9.17, 15) is 0 Å². The maximum atomic E-state index is 6.06. The summed E-state index contributed by atoms with van der Waals surface area (Å²) in [6, 6.07) is 8.46. The Bertz CT molecular complexity index is 408. The minimum atomic E-state index is 0.678. The number of rotatable bonds is 2. The Labute approximate surface area is 110 Å². The molecular weight excluding hydrogens is 222 g/mol. The number of aliphatic imine (C=N–C) groups is 1. The van der Waals surface area contributed by atoms with Crippen molar-refractivity contribution in [3.63, 3.8) is 0 Å². The Morgan fingerprint density at radius 1 is 1.39 bits per heavy atom. The molecule has 2 rings (SSSR count). The highest BCUT2D eigenvalue weighted by atomic mass is 15.3. The quantitative estimate of drug-likeness (QED) is 0.642. The summed E-state index contributed by atoms with van der Waals surface area (Å²) in [7, 11) is 0. The molecule has 1 aromatic carbocycles. The van der Waals surface area contributed by atoms with Gasteiger partial charge in [0, 0.05) is 13.1 Å². The number of nitrogens with zero attached hydrogens (tertiary/aromatic N) is 2. The summed E-state index contributed by atoms with van der Waals surface area (Å²) in [5.74, 6) is 1.42. The van der Waals surface area contributed by atoms with Crippen LogP contribution in [0.2, 0.25) is 0 Å². The largest absolute Gasteiger partial charge is 0.370 e. The zero-order valence-electron chi connectivity index (χ0n) is 11.4. The molecule has 0 saturated carbocycles. The highest BCUT2D eigenvalue weighted by Crippen LogP contribution is 2.15. The van der Waals surface area contributed by atoms with E-state index < -0.39 is 0 Å². The molecule has 3 nitrogen and oxygen atoms in total. The van der Waals surface area contributed by atoms with Gasteiger partial charge in [-0.15, -0.1) is 0 Å². The maximum absolute atomic E-state index is 6.06. The van der Waals surface area contributed by atoms with Crippen molar-refractivity contribution < 1.29 is 0 Å². The molecule has 1 aliphatic heterocycles. The van der Waals surface area contributed by atoms with E-state index in [0.29, 0.717) is 12.5 Å². The van der Waals surface area contributed by atoms with E-state index in [0.717, 1.165) is 19.0 Å². The van der Waals surface area contributed by atoms with Crippen molar-refractivity contribution in [2.24, 2.45) is 16.6 Å². The van der Waals surface area contributed by atoms with Crippen LogP contribution in [0, 0.1) is 12.8 Å². The summed E-state index contributed by atoms with van der Waals surface area (Å²) >= 11 is 0. The summed E-state index contributed by atoms with van der Waals surface area (Å²) < 4.78 is 0. The molecule has 0 aromatic heterocycles. The van der Waals surface area contributed by atoms with Gasteiger partial charge < -0.3 is 10.6 Å². The van der Waals surface area contributed by atoms with Crippen LogP contribution < -0.4 is 5.73 Å². The van der Waals surface area contributed by atoms with Gasteiger partial charge in [-0.1, -0.05) is 36.8 Å². The van der Waals surface area contributed by atoms with E-state index in [1.807, 2.05) is 0 Å². The lowest BCUT2D eigenvalue weighted by Gasteiger charge is -2.31. The SMILES string of the molecule is Cc1ccc(CN=C(N)N2CCCC(C)C2)cc1. The predicted octanol–water partition coefficient (Wildman–Crippen LogP) is 2.54. The summed E-state index contributed by atoms with van der Waals surface area (Å²) in [4.78, 5) is 6.71. The van der Waals surface area contributed by atoms with Crippen molar-refractivity contribution in [2.75, 3.05) is 13.1 Å². The molecule has 0 aliphatic carbocycles. The maximum Gasteiger partial charge on any atom is 0.191 e. The second-order valence-electron chi connectivity index (χ2n) is 5.35. The van der Waals surface area contributed by atoms with Crippen molar-refractivity contribution in [1.82, 2.24) is 4.90 Å². The number of guanidine groups is 1. The molecule has 98 valence electrons. The molecular formula is C15H23N3. The lowest BCUT2D eigenvalue weighted by molar-refractivity contribution is 0.270. The highest BCUT2D eigenvalue weighted by Gasteiger charge is 2.17. The first-order valence-corrected chi connectivity index (χ1v) is 6.75. The van der Waals surface area contributed by atoms with Gasteiger partial charge in [-0.25, -0.2) is 4.99 Å². The zero-order chi connectivity index (χ0) is 13.0. The molecule has 1 fully saturated rings. The van der Waals surface area contributed by atoms with Gasteiger partial charge in [-0.2, -0.15) is 0 Å². The van der Waals surface area contributed by atoms with Crippen molar-refractivity contribution in [3.05, 3.63) is 35.4 Å². The lowest BCUT2D eigenvalue weighted by Crippen LogP contribution is -2.43. The van der Waals surface area contributed by atoms with Gasteiger partial charge in [0.1, 0.15) is 0 Å². The van der Waals surface area contributed by atoms with Crippen molar-refractivity contribution >= 4 is 5.96 Å². The topological polar surface area (TPSA) is 41.6 Å². The number of piperidine rings is 1. The van der Waals surface area contributed by atoms with E-state index in [1.165, 1.54) is 24.0 Å². The standard InChI is InChI=1S/C15H23N3/c1-12-5-7-14(8-6-12)10-17-15(16)18-9-3-4-13(2)11-18/h5-8,13H,3-4,9-11H2,1-2H3,(H2,16,17). The monoisotopic (exact) mass is 245 g/mol. The molecule has 3 heteroatoms. The fourth-order valence-electron chi connectivity index (χ4n) is 2.36. The summed E-state index contributed by atoms with van der Waals surface area (Å²) in [5.41, 5.74) is 8.56. The first-order chi connectivity index (χ1) is 8.65. The molecule has 0 spiro atoms. The molecule has 1 saturated heterocycles. The van der Waals surface area contributed by atoms with Gasteiger partial charge in [0.25, 0.3) is 0 Å². The lowest BCUT2D eigenvalue weighted by atomic mass is 10.0. The number of likely N-dealkylation sites (tertiary alicyclic amines) is 1. The van der Waals surface area contributed by atoms with Gasteiger partial charge >= 0.3 is 0 Å². The number of aryl methyl sites for hydroxylation is 1. The average Bonchev–Trinajstić information content (AvgIpc) is 2.38. The van der Waals surface area contributed by atoms with Gasteiger partial charge in [-0.3, -0.25) is 0 Å². The van der Waals surface area contributed by atoms with Gasteiger partial charge in [0.2, 0.25) is 0 Å². The van der Waals surface area contributed by atoms with Crippen molar-refractivity contribution in [3.8, 4) is 0 Å². The van der Waals surface area contributed by atoms with E-state index >= 15 is 0 Å². The third-order valence-corrected chi connectivity index (χ3v) is 3.53. The van der Waals surface area contributed by atoms with Crippen LogP contribution >= 0.6 is 0 Å². The summed E-state index contributed by atoms with van der Waals surface area (Å²) in [5, 5.41) is 0. The van der Waals surface area contributed by atoms with Crippen LogP contribution in [0.15, 0.2) is 29.3 Å². The fraction of sp³-hybridized carbons (Fsp3) is 0.533. The normalized spacial score (nSPS) is 21.1. The average molecular weight is 245 g/mol. The number of nitrogens with two attached hydrogens (primary N) is 1. The zero-order valence-corrected chi connectivity index (χ0v) is 11.4. The highest BCUT2D eigenvalue weighted by molar-refractivity contribution is 5.78. The first kappa shape index (κ1) is 12.9. The van der Waals surface area contributed by atoms with Crippen LogP contribution in [-0.2, 0) is 6.54 Å². The molecule has 18 heavy (non-hydrogen) atoms. The second kappa shape index (κ2) is 5.89. The number of benzene rings is 1. The Morgan fingerprint density at radius 2 is 2.11 bits per heavy atom. The molecule has 0 amide bonds. The van der Waals surface area contributed by atoms with Crippen LogP contribution in [0.3, 0.4) is 0 Å². The molecule has 2 N–H and O–H groups in total. The Kier molecular flexibility index (Phi) is 4.24. The van der Waals surface area contributed by atoms with Crippen LogP contribution in [0.25, 0.3) is 0 Å². The molecule has 1 aliphatic rings. The van der Waals surface area contributed by atoms with E-state index in [-0.39, 0.29) is 0 Å². The smallest absolute Gasteiger partial charge is 0.191 e. The Balaban J connectivity index is 1.93. The molecule has 1 aromatic rings. The number of hydrogen-bond donors (Lipinski definition) is 1. The van der Waals surface area contributed by atoms with Crippen LogP contribution in [0.4, 0.5) is 0 Å². The fourth-order valence-corrected chi connectivity index (χ4v) is 2.36. The Hall–Kier alpha value is -1.51. The first-order valence-electron chi connectivity index (χ1n) is 6.75. The minimum absolute atomic E-state index is 0.678. The van der Waals surface area contributed by atoms with Crippen LogP contribution in [0.5, 0.6) is 0 Å². The third kappa shape index (κ3) is 3.49. The van der Waals surface area contributed by atoms with E-state index in [2.05, 4.69) is 48.0 Å². The molecule has 0 radical (unpaired) electrons. The van der Waals surface area contributed by atoms with E-state index in [4.69, 9.17) is 5.73 Å².